The second kappa shape index (κ2) is 8.65. The molecule has 1 heterocycles. The molecule has 27 heavy (non-hydrogen) atoms. The molecule has 0 saturated carbocycles. The quantitative estimate of drug-likeness (QED) is 0.586. The molecule has 0 bridgehead atoms. The molecule has 1 amide bonds. The fraction of sp³-hybridized carbons (Fsp3) is 0.167. The molecule has 0 unspecified atom stereocenters. The Kier molecular flexibility index (Phi) is 6.26. The molecule has 0 spiro atoms. The van der Waals surface area contributed by atoms with Crippen LogP contribution < -0.4 is 10.1 Å². The molecular formula is C18H16Cl2N4O2S. The van der Waals surface area contributed by atoms with Crippen molar-refractivity contribution < 1.29 is 9.53 Å². The van der Waals surface area contributed by atoms with Gasteiger partial charge in [-0.05, 0) is 49.4 Å². The first kappa shape index (κ1) is 19.5. The topological polar surface area (TPSA) is 69.0 Å². The smallest absolute Gasteiger partial charge is 0.234 e. The molecule has 3 aromatic rings. The van der Waals surface area contributed by atoms with Crippen molar-refractivity contribution in [1.29, 1.82) is 0 Å². The molecule has 0 atom stereocenters. The highest BCUT2D eigenvalue weighted by Crippen LogP contribution is 2.26. The summed E-state index contributed by atoms with van der Waals surface area (Å²) in [4.78, 5) is 12.2. The van der Waals surface area contributed by atoms with Crippen LogP contribution in [-0.4, -0.2) is 33.5 Å². The molecule has 6 nitrogen and oxygen atoms in total. The summed E-state index contributed by atoms with van der Waals surface area (Å²) in [5, 5.41) is 12.5. The third kappa shape index (κ3) is 4.74. The third-order valence-corrected chi connectivity index (χ3v) is 5.33. The molecule has 0 radical (unpaired) electrons. The third-order valence-electron chi connectivity index (χ3n) is 3.66. The minimum absolute atomic E-state index is 0.175. The van der Waals surface area contributed by atoms with E-state index in [2.05, 4.69) is 15.5 Å². The predicted molar refractivity (Wildman–Crippen MR) is 108 cm³/mol. The van der Waals surface area contributed by atoms with E-state index in [4.69, 9.17) is 27.9 Å². The Morgan fingerprint density at radius 3 is 2.56 bits per heavy atom. The van der Waals surface area contributed by atoms with Crippen molar-refractivity contribution in [2.75, 3.05) is 18.2 Å². The van der Waals surface area contributed by atoms with Gasteiger partial charge in [0.25, 0.3) is 0 Å². The monoisotopic (exact) mass is 422 g/mol. The Labute approximate surface area is 170 Å². The van der Waals surface area contributed by atoms with Gasteiger partial charge < -0.3 is 10.1 Å². The number of nitrogens with zero attached hydrogens (tertiary/aromatic N) is 3. The van der Waals surface area contributed by atoms with Crippen molar-refractivity contribution in [3.63, 3.8) is 0 Å². The number of nitrogens with one attached hydrogen (secondary N) is 1. The van der Waals surface area contributed by atoms with Crippen LogP contribution >= 0.6 is 35.0 Å². The van der Waals surface area contributed by atoms with Crippen LogP contribution in [-0.2, 0) is 4.79 Å². The molecule has 1 N–H and O–H groups in total. The summed E-state index contributed by atoms with van der Waals surface area (Å²) in [6.07, 6.45) is 0. The minimum atomic E-state index is -0.180. The minimum Gasteiger partial charge on any atom is -0.497 e. The van der Waals surface area contributed by atoms with Gasteiger partial charge in [0.2, 0.25) is 5.91 Å². The van der Waals surface area contributed by atoms with Crippen LogP contribution in [0.3, 0.4) is 0 Å². The predicted octanol–water partition coefficient (Wildman–Crippen LogP) is 4.62. The van der Waals surface area contributed by atoms with Gasteiger partial charge in [0.05, 0.1) is 22.9 Å². The highest BCUT2D eigenvalue weighted by molar-refractivity contribution is 7.99. The summed E-state index contributed by atoms with van der Waals surface area (Å²) in [5.41, 5.74) is 1.48. The normalized spacial score (nSPS) is 10.7. The molecule has 9 heteroatoms. The van der Waals surface area contributed by atoms with E-state index >= 15 is 0 Å². The Morgan fingerprint density at radius 2 is 1.89 bits per heavy atom. The van der Waals surface area contributed by atoms with E-state index < -0.39 is 0 Å². The number of aryl methyl sites for hydroxylation is 1. The van der Waals surface area contributed by atoms with E-state index in [0.717, 1.165) is 17.3 Å². The fourth-order valence-electron chi connectivity index (χ4n) is 2.37. The maximum absolute atomic E-state index is 12.2. The lowest BCUT2D eigenvalue weighted by molar-refractivity contribution is -0.113. The fourth-order valence-corrected chi connectivity index (χ4v) is 3.46. The highest BCUT2D eigenvalue weighted by Gasteiger charge is 2.14. The second-order valence-electron chi connectivity index (χ2n) is 5.53. The number of carbonyl (C=O) groups is 1. The lowest BCUT2D eigenvalue weighted by Gasteiger charge is -2.09. The van der Waals surface area contributed by atoms with E-state index in [9.17, 15) is 4.79 Å². The number of methoxy groups -OCH3 is 1. The number of anilines is 1. The standard InChI is InChI=1S/C18H16Cl2N4O2S/c1-11-22-23-18(24(11)13-4-6-14(26-2)7-5-13)27-10-17(25)21-12-3-8-15(19)16(20)9-12/h3-9H,10H2,1-2H3,(H,21,25). The molecule has 140 valence electrons. The van der Waals surface area contributed by atoms with Crippen LogP contribution in [0, 0.1) is 6.92 Å². The number of thioether (sulfide) groups is 1. The van der Waals surface area contributed by atoms with Gasteiger partial charge in [-0.25, -0.2) is 0 Å². The summed E-state index contributed by atoms with van der Waals surface area (Å²) < 4.78 is 7.07. The molecule has 0 fully saturated rings. The number of benzene rings is 2. The highest BCUT2D eigenvalue weighted by atomic mass is 35.5. The molecule has 2 aromatic carbocycles. The molecular weight excluding hydrogens is 407 g/mol. The molecule has 1 aromatic heterocycles. The van der Waals surface area contributed by atoms with Crippen LogP contribution in [0.15, 0.2) is 47.6 Å². The molecule has 0 saturated heterocycles. The number of rotatable bonds is 6. The summed E-state index contributed by atoms with van der Waals surface area (Å²) in [5.74, 6) is 1.49. The SMILES string of the molecule is COc1ccc(-n2c(C)nnc2SCC(=O)Nc2ccc(Cl)c(Cl)c2)cc1. The maximum atomic E-state index is 12.2. The summed E-state index contributed by atoms with van der Waals surface area (Å²) >= 11 is 13.1. The summed E-state index contributed by atoms with van der Waals surface area (Å²) in [7, 11) is 1.62. The van der Waals surface area contributed by atoms with Gasteiger partial charge in [0.1, 0.15) is 11.6 Å². The summed E-state index contributed by atoms with van der Waals surface area (Å²) in [6.45, 7) is 1.86. The van der Waals surface area contributed by atoms with E-state index in [0.29, 0.717) is 20.9 Å². The number of ether oxygens (including phenoxy) is 1. The van der Waals surface area contributed by atoms with E-state index in [-0.39, 0.29) is 11.7 Å². The Balaban J connectivity index is 1.69. The average molecular weight is 423 g/mol. The molecule has 3 rings (SSSR count). The largest absolute Gasteiger partial charge is 0.497 e. The van der Waals surface area contributed by atoms with Crippen molar-refractivity contribution in [2.24, 2.45) is 0 Å². The molecule has 0 aliphatic carbocycles. The Bertz CT molecular complexity index is 960. The number of halogens is 2. The van der Waals surface area contributed by atoms with E-state index in [1.165, 1.54) is 11.8 Å². The number of amides is 1. The van der Waals surface area contributed by atoms with Crippen molar-refractivity contribution in [1.82, 2.24) is 14.8 Å². The van der Waals surface area contributed by atoms with Crippen molar-refractivity contribution >= 4 is 46.6 Å². The number of carbonyl (C=O) groups excluding carboxylic acids is 1. The Morgan fingerprint density at radius 1 is 1.15 bits per heavy atom. The van der Waals surface area contributed by atoms with Gasteiger partial charge in [0.15, 0.2) is 5.16 Å². The lowest BCUT2D eigenvalue weighted by atomic mass is 10.3. The molecule has 0 aliphatic rings. The average Bonchev–Trinajstić information content (AvgIpc) is 3.03. The first-order valence-corrected chi connectivity index (χ1v) is 9.66. The van der Waals surface area contributed by atoms with Gasteiger partial charge in [-0.3, -0.25) is 9.36 Å². The van der Waals surface area contributed by atoms with E-state index in [1.54, 1.807) is 25.3 Å². The van der Waals surface area contributed by atoms with Crippen LogP contribution in [0.5, 0.6) is 5.75 Å². The van der Waals surface area contributed by atoms with Crippen LogP contribution in [0.2, 0.25) is 10.0 Å². The number of hydrogen-bond acceptors (Lipinski definition) is 5. The summed E-state index contributed by atoms with van der Waals surface area (Å²) in [6, 6.07) is 12.5. The van der Waals surface area contributed by atoms with Gasteiger partial charge in [-0.15, -0.1) is 10.2 Å². The molecule has 0 aliphatic heterocycles. The first-order valence-electron chi connectivity index (χ1n) is 7.92. The maximum Gasteiger partial charge on any atom is 0.234 e. The van der Waals surface area contributed by atoms with Crippen molar-refractivity contribution in [3.8, 4) is 11.4 Å². The van der Waals surface area contributed by atoms with Crippen LogP contribution in [0.25, 0.3) is 5.69 Å². The number of hydrogen-bond donors (Lipinski definition) is 1. The second-order valence-corrected chi connectivity index (χ2v) is 7.29. The van der Waals surface area contributed by atoms with Crippen molar-refractivity contribution in [2.45, 2.75) is 12.1 Å². The zero-order valence-electron chi connectivity index (χ0n) is 14.6. The van der Waals surface area contributed by atoms with Crippen molar-refractivity contribution in [3.05, 3.63) is 58.3 Å². The van der Waals surface area contributed by atoms with Crippen LogP contribution in [0.1, 0.15) is 5.82 Å². The van der Waals surface area contributed by atoms with Gasteiger partial charge in [-0.2, -0.15) is 0 Å². The Hall–Kier alpha value is -2.22. The van der Waals surface area contributed by atoms with Gasteiger partial charge >= 0.3 is 0 Å². The van der Waals surface area contributed by atoms with Gasteiger partial charge in [0, 0.05) is 11.4 Å². The van der Waals surface area contributed by atoms with E-state index in [1.807, 2.05) is 35.8 Å². The zero-order chi connectivity index (χ0) is 19.4. The lowest BCUT2D eigenvalue weighted by Crippen LogP contribution is -2.14. The first-order chi connectivity index (χ1) is 13.0. The zero-order valence-corrected chi connectivity index (χ0v) is 16.9. The van der Waals surface area contributed by atoms with Crippen LogP contribution in [0.4, 0.5) is 5.69 Å². The number of aromatic nitrogens is 3. The van der Waals surface area contributed by atoms with Gasteiger partial charge in [-0.1, -0.05) is 35.0 Å².